The Morgan fingerprint density at radius 2 is 1.90 bits per heavy atom. The van der Waals surface area contributed by atoms with Crippen molar-refractivity contribution in [1.82, 2.24) is 5.32 Å². The minimum atomic E-state index is -0.782. The van der Waals surface area contributed by atoms with Crippen LogP contribution in [0.5, 0.6) is 0 Å². The Labute approximate surface area is 126 Å². The van der Waals surface area contributed by atoms with Crippen LogP contribution >= 0.6 is 0 Å². The van der Waals surface area contributed by atoms with Crippen molar-refractivity contribution in [2.45, 2.75) is 83.0 Å². The van der Waals surface area contributed by atoms with Crippen molar-refractivity contribution in [1.29, 1.82) is 0 Å². The maximum absolute atomic E-state index is 12.1. The highest BCUT2D eigenvalue weighted by atomic mass is 16.5. The summed E-state index contributed by atoms with van der Waals surface area (Å²) in [6, 6.07) is -0.207. The zero-order chi connectivity index (χ0) is 15.2. The van der Waals surface area contributed by atoms with Gasteiger partial charge in [0.15, 0.2) is 0 Å². The first-order chi connectivity index (χ1) is 10.1. The molecule has 0 aromatic carbocycles. The predicted molar refractivity (Wildman–Crippen MR) is 78.9 cm³/mol. The third-order valence-corrected chi connectivity index (χ3v) is 4.69. The second-order valence-electron chi connectivity index (χ2n) is 6.44. The van der Waals surface area contributed by atoms with Crippen molar-refractivity contribution < 1.29 is 19.4 Å². The van der Waals surface area contributed by atoms with E-state index in [-0.39, 0.29) is 18.1 Å². The number of nitrogens with one attached hydrogen (secondary N) is 1. The Bertz CT molecular complexity index is 371. The standard InChI is InChI=1S/C16H27NO4/c1-11-7-8-12(21-11)9-10-15(18)17-14-6-4-2-3-5-13(14)16(19)20/h11-14H,2-10H2,1H3,(H,17,18)(H,19,20)/t11?,12?,13-,14+/m1/s1. The van der Waals surface area contributed by atoms with Crippen LogP contribution in [0.4, 0.5) is 0 Å². The van der Waals surface area contributed by atoms with Crippen molar-refractivity contribution in [2.24, 2.45) is 5.92 Å². The van der Waals surface area contributed by atoms with Crippen molar-refractivity contribution in [2.75, 3.05) is 0 Å². The van der Waals surface area contributed by atoms with Gasteiger partial charge in [0.2, 0.25) is 5.91 Å². The zero-order valence-electron chi connectivity index (χ0n) is 12.8. The lowest BCUT2D eigenvalue weighted by Gasteiger charge is -2.23. The van der Waals surface area contributed by atoms with E-state index in [0.717, 1.165) is 44.9 Å². The summed E-state index contributed by atoms with van der Waals surface area (Å²) >= 11 is 0. The number of hydrogen-bond acceptors (Lipinski definition) is 3. The maximum Gasteiger partial charge on any atom is 0.308 e. The third kappa shape index (κ3) is 4.99. The normalized spacial score (nSPS) is 33.4. The highest BCUT2D eigenvalue weighted by molar-refractivity contribution is 5.78. The molecule has 1 saturated carbocycles. The average Bonchev–Trinajstić information content (AvgIpc) is 2.70. The molecular weight excluding hydrogens is 270 g/mol. The summed E-state index contributed by atoms with van der Waals surface area (Å²) in [7, 11) is 0. The van der Waals surface area contributed by atoms with Gasteiger partial charge in [-0.15, -0.1) is 0 Å². The number of amides is 1. The molecule has 0 spiro atoms. The molecule has 21 heavy (non-hydrogen) atoms. The van der Waals surface area contributed by atoms with Gasteiger partial charge in [-0.1, -0.05) is 19.3 Å². The van der Waals surface area contributed by atoms with Crippen LogP contribution in [-0.2, 0) is 14.3 Å². The maximum atomic E-state index is 12.1. The number of aliphatic carboxylic acids is 1. The van der Waals surface area contributed by atoms with E-state index in [1.54, 1.807) is 0 Å². The first kappa shape index (κ1) is 16.3. The number of carboxylic acids is 1. The van der Waals surface area contributed by atoms with E-state index in [1.807, 2.05) is 0 Å². The highest BCUT2D eigenvalue weighted by Crippen LogP contribution is 2.25. The molecule has 2 rings (SSSR count). The fourth-order valence-electron chi connectivity index (χ4n) is 3.44. The predicted octanol–water partition coefficient (Wildman–Crippen LogP) is 2.48. The van der Waals surface area contributed by atoms with Gasteiger partial charge in [-0.05, 0) is 39.0 Å². The summed E-state index contributed by atoms with van der Waals surface area (Å²) in [5, 5.41) is 12.3. The summed E-state index contributed by atoms with van der Waals surface area (Å²) in [5.41, 5.74) is 0. The molecule has 0 bridgehead atoms. The van der Waals surface area contributed by atoms with Crippen molar-refractivity contribution in [3.05, 3.63) is 0 Å². The Morgan fingerprint density at radius 3 is 2.57 bits per heavy atom. The Kier molecular flexibility index (Phi) is 6.03. The molecule has 120 valence electrons. The number of carbonyl (C=O) groups excluding carboxylic acids is 1. The van der Waals surface area contributed by atoms with E-state index < -0.39 is 11.9 Å². The number of ether oxygens (including phenoxy) is 1. The molecule has 0 radical (unpaired) electrons. The third-order valence-electron chi connectivity index (χ3n) is 4.69. The fraction of sp³-hybridized carbons (Fsp3) is 0.875. The zero-order valence-corrected chi connectivity index (χ0v) is 12.8. The summed E-state index contributed by atoms with van der Waals surface area (Å²) in [6.07, 6.45) is 8.20. The lowest BCUT2D eigenvalue weighted by atomic mass is 9.94. The minimum Gasteiger partial charge on any atom is -0.481 e. The van der Waals surface area contributed by atoms with Crippen molar-refractivity contribution in [3.8, 4) is 0 Å². The Balaban J connectivity index is 1.78. The number of rotatable bonds is 5. The molecule has 1 aliphatic heterocycles. The first-order valence-electron chi connectivity index (χ1n) is 8.24. The molecule has 1 saturated heterocycles. The van der Waals surface area contributed by atoms with Crippen LogP contribution < -0.4 is 5.32 Å². The van der Waals surface area contributed by atoms with Gasteiger partial charge in [0.1, 0.15) is 0 Å². The van der Waals surface area contributed by atoms with Crippen LogP contribution in [0.2, 0.25) is 0 Å². The molecule has 0 aromatic rings. The van der Waals surface area contributed by atoms with Gasteiger partial charge < -0.3 is 15.2 Å². The first-order valence-corrected chi connectivity index (χ1v) is 8.24. The van der Waals surface area contributed by atoms with E-state index >= 15 is 0 Å². The molecule has 1 heterocycles. The van der Waals surface area contributed by atoms with Crippen LogP contribution in [-0.4, -0.2) is 35.2 Å². The SMILES string of the molecule is CC1CCC(CCC(=O)N[C@H]2CCCCC[C@H]2C(=O)O)O1. The van der Waals surface area contributed by atoms with Gasteiger partial charge in [-0.2, -0.15) is 0 Å². The van der Waals surface area contributed by atoms with Gasteiger partial charge >= 0.3 is 5.97 Å². The largest absolute Gasteiger partial charge is 0.481 e. The lowest BCUT2D eigenvalue weighted by molar-refractivity contribution is -0.143. The fourth-order valence-corrected chi connectivity index (χ4v) is 3.44. The molecule has 5 heteroatoms. The van der Waals surface area contributed by atoms with E-state index in [2.05, 4.69) is 12.2 Å². The van der Waals surface area contributed by atoms with Crippen molar-refractivity contribution in [3.63, 3.8) is 0 Å². The Hall–Kier alpha value is -1.10. The summed E-state index contributed by atoms with van der Waals surface area (Å²) < 4.78 is 5.71. The summed E-state index contributed by atoms with van der Waals surface area (Å²) in [5.74, 6) is -1.24. The van der Waals surface area contributed by atoms with E-state index in [4.69, 9.17) is 4.74 Å². The van der Waals surface area contributed by atoms with Crippen LogP contribution in [0.1, 0.15) is 64.7 Å². The number of carbonyl (C=O) groups is 2. The highest BCUT2D eigenvalue weighted by Gasteiger charge is 2.31. The quantitative estimate of drug-likeness (QED) is 0.764. The van der Waals surface area contributed by atoms with Crippen LogP contribution in [0, 0.1) is 5.92 Å². The number of hydrogen-bond donors (Lipinski definition) is 2. The lowest BCUT2D eigenvalue weighted by Crippen LogP contribution is -2.43. The summed E-state index contributed by atoms with van der Waals surface area (Å²) in [6.45, 7) is 2.06. The van der Waals surface area contributed by atoms with E-state index in [0.29, 0.717) is 18.9 Å². The molecule has 1 aliphatic carbocycles. The molecule has 2 aliphatic rings. The van der Waals surface area contributed by atoms with Crippen LogP contribution in [0.15, 0.2) is 0 Å². The van der Waals surface area contributed by atoms with Crippen LogP contribution in [0.3, 0.4) is 0 Å². The monoisotopic (exact) mass is 297 g/mol. The van der Waals surface area contributed by atoms with Crippen LogP contribution in [0.25, 0.3) is 0 Å². The van der Waals surface area contributed by atoms with Gasteiger partial charge in [0.05, 0.1) is 18.1 Å². The molecule has 0 aromatic heterocycles. The van der Waals surface area contributed by atoms with Gasteiger partial charge in [0.25, 0.3) is 0 Å². The molecule has 2 unspecified atom stereocenters. The van der Waals surface area contributed by atoms with Gasteiger partial charge in [-0.3, -0.25) is 9.59 Å². The van der Waals surface area contributed by atoms with E-state index in [9.17, 15) is 14.7 Å². The summed E-state index contributed by atoms with van der Waals surface area (Å²) in [4.78, 5) is 23.4. The molecule has 4 atom stereocenters. The topological polar surface area (TPSA) is 75.6 Å². The second-order valence-corrected chi connectivity index (χ2v) is 6.44. The number of carboxylic acid groups (broad SMARTS) is 1. The average molecular weight is 297 g/mol. The molecule has 2 fully saturated rings. The van der Waals surface area contributed by atoms with Gasteiger partial charge in [-0.25, -0.2) is 0 Å². The van der Waals surface area contributed by atoms with E-state index in [1.165, 1.54) is 0 Å². The molecular formula is C16H27NO4. The Morgan fingerprint density at radius 1 is 1.14 bits per heavy atom. The minimum absolute atomic E-state index is 0.0312. The smallest absolute Gasteiger partial charge is 0.308 e. The van der Waals surface area contributed by atoms with Gasteiger partial charge in [0, 0.05) is 12.5 Å². The molecule has 2 N–H and O–H groups in total. The second kappa shape index (κ2) is 7.78. The molecule has 1 amide bonds. The molecule has 5 nitrogen and oxygen atoms in total. The van der Waals surface area contributed by atoms with Crippen molar-refractivity contribution >= 4 is 11.9 Å².